The van der Waals surface area contributed by atoms with Crippen LogP contribution in [0.3, 0.4) is 0 Å². The number of nitrogens with two attached hydrogens (primary N) is 1. The van der Waals surface area contributed by atoms with Crippen LogP contribution in [0.4, 0.5) is 5.69 Å². The van der Waals surface area contributed by atoms with Gasteiger partial charge in [0.05, 0.1) is 12.9 Å². The van der Waals surface area contributed by atoms with Crippen LogP contribution in [0.15, 0.2) is 18.2 Å². The summed E-state index contributed by atoms with van der Waals surface area (Å²) in [5.74, 6) is 0.609. The molecular formula is C12H16N2O3S2. The first kappa shape index (κ1) is 14.1. The van der Waals surface area contributed by atoms with E-state index in [9.17, 15) is 8.42 Å². The van der Waals surface area contributed by atoms with E-state index in [1.54, 1.807) is 18.2 Å². The second-order valence-electron chi connectivity index (χ2n) is 4.32. The monoisotopic (exact) mass is 300 g/mol. The minimum Gasteiger partial charge on any atom is -0.495 e. The molecule has 0 amide bonds. The highest BCUT2D eigenvalue weighted by Gasteiger charge is 2.30. The molecule has 2 rings (SSSR count). The van der Waals surface area contributed by atoms with Gasteiger partial charge in [0, 0.05) is 12.1 Å². The van der Waals surface area contributed by atoms with E-state index in [1.807, 2.05) is 0 Å². The number of hydrogen-bond donors (Lipinski definition) is 1. The van der Waals surface area contributed by atoms with Crippen LogP contribution in [-0.4, -0.2) is 32.8 Å². The Morgan fingerprint density at radius 1 is 1.42 bits per heavy atom. The average molecular weight is 300 g/mol. The third-order valence-corrected chi connectivity index (χ3v) is 5.14. The van der Waals surface area contributed by atoms with Crippen molar-refractivity contribution in [2.75, 3.05) is 23.7 Å². The molecule has 0 spiro atoms. The first-order valence-electron chi connectivity index (χ1n) is 5.94. The van der Waals surface area contributed by atoms with Crippen molar-refractivity contribution in [2.45, 2.75) is 12.8 Å². The Balaban J connectivity index is 2.62. The highest BCUT2D eigenvalue weighted by atomic mass is 32.2. The van der Waals surface area contributed by atoms with Crippen molar-refractivity contribution >= 4 is 32.9 Å². The van der Waals surface area contributed by atoms with Gasteiger partial charge in [-0.05, 0) is 25.0 Å². The molecule has 1 saturated heterocycles. The van der Waals surface area contributed by atoms with Gasteiger partial charge in [0.2, 0.25) is 10.0 Å². The van der Waals surface area contributed by atoms with Crippen LogP contribution in [0, 0.1) is 0 Å². The zero-order valence-electron chi connectivity index (χ0n) is 10.6. The van der Waals surface area contributed by atoms with Crippen LogP contribution in [-0.2, 0) is 10.0 Å². The normalized spacial score (nSPS) is 18.1. The lowest BCUT2D eigenvalue weighted by Gasteiger charge is -2.30. The number of rotatable bonds is 3. The molecule has 0 aliphatic carbocycles. The van der Waals surface area contributed by atoms with Crippen molar-refractivity contribution in [1.29, 1.82) is 0 Å². The maximum atomic E-state index is 12.2. The smallest absolute Gasteiger partial charge is 0.235 e. The number of anilines is 1. The van der Waals surface area contributed by atoms with Gasteiger partial charge in [0.25, 0.3) is 0 Å². The van der Waals surface area contributed by atoms with Gasteiger partial charge in [-0.2, -0.15) is 0 Å². The van der Waals surface area contributed by atoms with Gasteiger partial charge in [-0.25, -0.2) is 8.42 Å². The Hall–Kier alpha value is -1.34. The lowest BCUT2D eigenvalue weighted by Crippen LogP contribution is -2.39. The maximum absolute atomic E-state index is 12.2. The molecule has 0 bridgehead atoms. The maximum Gasteiger partial charge on any atom is 0.235 e. The minimum absolute atomic E-state index is 0.141. The number of para-hydroxylation sites is 1. The molecule has 0 radical (unpaired) electrons. The Kier molecular flexibility index (Phi) is 3.96. The predicted molar refractivity (Wildman–Crippen MR) is 79.2 cm³/mol. The Morgan fingerprint density at radius 3 is 2.74 bits per heavy atom. The van der Waals surface area contributed by atoms with E-state index in [-0.39, 0.29) is 10.7 Å². The fourth-order valence-corrected chi connectivity index (χ4v) is 4.01. The zero-order valence-corrected chi connectivity index (χ0v) is 12.3. The zero-order chi connectivity index (χ0) is 14.0. The summed E-state index contributed by atoms with van der Waals surface area (Å²) in [4.78, 5) is 0.162. The van der Waals surface area contributed by atoms with Gasteiger partial charge in [0.15, 0.2) is 0 Å². The number of methoxy groups -OCH3 is 1. The molecule has 5 nitrogen and oxygen atoms in total. The third-order valence-electron chi connectivity index (χ3n) is 3.08. The van der Waals surface area contributed by atoms with Crippen molar-refractivity contribution in [3.63, 3.8) is 0 Å². The highest BCUT2D eigenvalue weighted by Crippen LogP contribution is 2.35. The quantitative estimate of drug-likeness (QED) is 0.851. The lowest BCUT2D eigenvalue weighted by atomic mass is 10.1. The van der Waals surface area contributed by atoms with Crippen LogP contribution in [0.2, 0.25) is 0 Å². The van der Waals surface area contributed by atoms with Gasteiger partial charge in [-0.1, -0.05) is 18.3 Å². The summed E-state index contributed by atoms with van der Waals surface area (Å²) in [6.45, 7) is 0.429. The fraction of sp³-hybridized carbons (Fsp3) is 0.417. The van der Waals surface area contributed by atoms with E-state index in [0.717, 1.165) is 6.42 Å². The molecule has 0 aromatic heterocycles. The molecule has 1 fully saturated rings. The largest absolute Gasteiger partial charge is 0.495 e. The minimum atomic E-state index is -3.33. The van der Waals surface area contributed by atoms with Gasteiger partial charge < -0.3 is 10.5 Å². The SMILES string of the molecule is COc1cccc(C(N)=S)c1N1CCCCS1(=O)=O. The number of benzene rings is 1. The van der Waals surface area contributed by atoms with Crippen molar-refractivity contribution in [1.82, 2.24) is 0 Å². The van der Waals surface area contributed by atoms with Crippen molar-refractivity contribution in [3.8, 4) is 5.75 Å². The number of hydrogen-bond acceptors (Lipinski definition) is 4. The van der Waals surface area contributed by atoms with Crippen molar-refractivity contribution in [2.24, 2.45) is 5.73 Å². The standard InChI is InChI=1S/C12H16N2O3S2/c1-17-10-6-4-5-9(12(13)18)11(10)14-7-2-3-8-19(14,15)16/h4-6H,2-3,7-8H2,1H3,(H2,13,18). The molecule has 1 aromatic rings. The van der Waals surface area contributed by atoms with Gasteiger partial charge in [0.1, 0.15) is 16.4 Å². The molecule has 7 heteroatoms. The second kappa shape index (κ2) is 5.34. The molecule has 1 aliphatic heterocycles. The number of ether oxygens (including phenoxy) is 1. The Labute approximate surface area is 118 Å². The van der Waals surface area contributed by atoms with Gasteiger partial charge in [-0.3, -0.25) is 4.31 Å². The van der Waals surface area contributed by atoms with E-state index in [4.69, 9.17) is 22.7 Å². The Bertz CT molecular complexity index is 599. The number of sulfonamides is 1. The first-order chi connectivity index (χ1) is 8.97. The topological polar surface area (TPSA) is 72.6 Å². The molecule has 0 unspecified atom stereocenters. The van der Waals surface area contributed by atoms with Crippen LogP contribution >= 0.6 is 12.2 Å². The summed E-state index contributed by atoms with van der Waals surface area (Å²) in [5, 5.41) is 0. The van der Waals surface area contributed by atoms with E-state index in [1.165, 1.54) is 11.4 Å². The van der Waals surface area contributed by atoms with Crippen molar-refractivity contribution in [3.05, 3.63) is 23.8 Å². The van der Waals surface area contributed by atoms with Gasteiger partial charge in [-0.15, -0.1) is 0 Å². The lowest BCUT2D eigenvalue weighted by molar-refractivity contribution is 0.415. The summed E-state index contributed by atoms with van der Waals surface area (Å²) >= 11 is 5.00. The second-order valence-corrected chi connectivity index (χ2v) is 6.77. The molecule has 1 aliphatic rings. The summed E-state index contributed by atoms with van der Waals surface area (Å²) in [6.07, 6.45) is 1.49. The predicted octanol–water partition coefficient (Wildman–Crippen LogP) is 1.26. The van der Waals surface area contributed by atoms with Crippen LogP contribution in [0.5, 0.6) is 5.75 Å². The van der Waals surface area contributed by atoms with E-state index in [2.05, 4.69) is 0 Å². The summed E-state index contributed by atoms with van der Waals surface area (Å²) in [5.41, 5.74) is 6.67. The van der Waals surface area contributed by atoms with E-state index in [0.29, 0.717) is 30.0 Å². The molecule has 19 heavy (non-hydrogen) atoms. The highest BCUT2D eigenvalue weighted by molar-refractivity contribution is 7.92. The van der Waals surface area contributed by atoms with Crippen LogP contribution in [0.25, 0.3) is 0 Å². The number of nitrogens with zero attached hydrogens (tertiary/aromatic N) is 1. The van der Waals surface area contributed by atoms with Crippen LogP contribution < -0.4 is 14.8 Å². The molecule has 0 saturated carbocycles. The third kappa shape index (κ3) is 2.66. The fourth-order valence-electron chi connectivity index (χ4n) is 2.18. The molecule has 1 heterocycles. The average Bonchev–Trinajstić information content (AvgIpc) is 2.37. The molecular weight excluding hydrogens is 284 g/mol. The van der Waals surface area contributed by atoms with Crippen molar-refractivity contribution < 1.29 is 13.2 Å². The van der Waals surface area contributed by atoms with Gasteiger partial charge >= 0.3 is 0 Å². The molecule has 104 valence electrons. The summed E-state index contributed by atoms with van der Waals surface area (Å²) in [7, 11) is -1.83. The molecule has 2 N–H and O–H groups in total. The molecule has 1 aromatic carbocycles. The molecule has 0 atom stereocenters. The first-order valence-corrected chi connectivity index (χ1v) is 7.96. The summed E-state index contributed by atoms with van der Waals surface area (Å²) in [6, 6.07) is 5.17. The number of thiocarbonyl (C=S) groups is 1. The summed E-state index contributed by atoms with van der Waals surface area (Å²) < 4.78 is 31.0. The van der Waals surface area contributed by atoms with E-state index < -0.39 is 10.0 Å². The van der Waals surface area contributed by atoms with Crippen LogP contribution in [0.1, 0.15) is 18.4 Å². The Morgan fingerprint density at radius 2 is 2.16 bits per heavy atom. The van der Waals surface area contributed by atoms with E-state index >= 15 is 0 Å².